The van der Waals surface area contributed by atoms with E-state index >= 15 is 0 Å². The van der Waals surface area contributed by atoms with Crippen molar-refractivity contribution in [2.24, 2.45) is 0 Å². The summed E-state index contributed by atoms with van der Waals surface area (Å²) in [6, 6.07) is 3.35. The van der Waals surface area contributed by atoms with Gasteiger partial charge in [-0.3, -0.25) is 0 Å². The molecule has 0 aliphatic carbocycles. The van der Waals surface area contributed by atoms with Crippen molar-refractivity contribution in [2.75, 3.05) is 6.61 Å². The molecule has 0 fully saturated rings. The van der Waals surface area contributed by atoms with E-state index < -0.39 is 11.9 Å². The highest BCUT2D eigenvalue weighted by Crippen LogP contribution is 2.31. The van der Waals surface area contributed by atoms with Crippen molar-refractivity contribution in [3.63, 3.8) is 0 Å². The van der Waals surface area contributed by atoms with Gasteiger partial charge in [0, 0.05) is 25.8 Å². The normalized spacial score (nSPS) is 10.1. The molecule has 0 saturated heterocycles. The molecule has 0 bridgehead atoms. The number of halogens is 3. The van der Waals surface area contributed by atoms with Crippen LogP contribution in [-0.2, 0) is 9.53 Å². The number of carboxylic acids is 1. The van der Waals surface area contributed by atoms with E-state index in [4.69, 9.17) is 4.74 Å². The Bertz CT molecular complexity index is 459. The summed E-state index contributed by atoms with van der Waals surface area (Å²) in [4.78, 5) is 21.8. The molecule has 0 saturated carbocycles. The first-order valence-corrected chi connectivity index (χ1v) is 6.81. The first-order valence-electron chi connectivity index (χ1n) is 4.43. The molecule has 0 radical (unpaired) electrons. The van der Waals surface area contributed by atoms with Crippen LogP contribution in [0, 0.1) is 0 Å². The molecule has 0 heterocycles. The van der Waals surface area contributed by atoms with Gasteiger partial charge >= 0.3 is 5.97 Å². The van der Waals surface area contributed by atoms with Crippen LogP contribution in [-0.4, -0.2) is 18.5 Å². The van der Waals surface area contributed by atoms with Crippen molar-refractivity contribution in [2.45, 2.75) is 6.42 Å². The van der Waals surface area contributed by atoms with Crippen LogP contribution in [0.2, 0.25) is 0 Å². The van der Waals surface area contributed by atoms with Gasteiger partial charge in [-0.25, -0.2) is 4.79 Å². The van der Waals surface area contributed by atoms with Gasteiger partial charge < -0.3 is 14.6 Å². The molecule has 92 valence electrons. The monoisotopic (exact) mass is 427 g/mol. The maximum Gasteiger partial charge on any atom is 0.339 e. The second-order valence-corrected chi connectivity index (χ2v) is 5.57. The third-order valence-corrected chi connectivity index (χ3v) is 4.22. The van der Waals surface area contributed by atoms with Crippen molar-refractivity contribution < 1.29 is 19.4 Å². The van der Waals surface area contributed by atoms with Crippen LogP contribution in [0.5, 0.6) is 0 Å². The highest BCUT2D eigenvalue weighted by atomic mass is 79.9. The highest BCUT2D eigenvalue weighted by molar-refractivity contribution is 9.13. The third-order valence-electron chi connectivity index (χ3n) is 1.75. The average molecular weight is 430 g/mol. The molecule has 0 N–H and O–H groups in total. The molecule has 0 unspecified atom stereocenters. The lowest BCUT2D eigenvalue weighted by molar-refractivity contribution is -0.306. The first kappa shape index (κ1) is 14.7. The van der Waals surface area contributed by atoms with E-state index in [-0.39, 0.29) is 13.0 Å². The van der Waals surface area contributed by atoms with Crippen molar-refractivity contribution in [1.29, 1.82) is 0 Å². The van der Waals surface area contributed by atoms with Gasteiger partial charge in [-0.1, -0.05) is 15.9 Å². The van der Waals surface area contributed by atoms with Gasteiger partial charge in [0.15, 0.2) is 0 Å². The SMILES string of the molecule is O=C([O-])CCOC(=O)c1cc(Br)cc(Br)c1Br. The Kier molecular flexibility index (Phi) is 5.61. The number of aliphatic carboxylic acids is 1. The van der Waals surface area contributed by atoms with Crippen molar-refractivity contribution in [1.82, 2.24) is 0 Å². The Morgan fingerprint density at radius 2 is 1.88 bits per heavy atom. The lowest BCUT2D eigenvalue weighted by Crippen LogP contribution is -2.24. The average Bonchev–Trinajstić information content (AvgIpc) is 2.22. The topological polar surface area (TPSA) is 66.4 Å². The molecule has 0 aliphatic rings. The Hall–Kier alpha value is -0.400. The molecule has 0 aromatic heterocycles. The fourth-order valence-corrected chi connectivity index (χ4v) is 2.63. The number of carbonyl (C=O) groups excluding carboxylic acids is 2. The summed E-state index contributed by atoms with van der Waals surface area (Å²) in [7, 11) is 0. The zero-order valence-corrected chi connectivity index (χ0v) is 13.1. The number of ether oxygens (including phenoxy) is 1. The van der Waals surface area contributed by atoms with Crippen molar-refractivity contribution >= 4 is 59.7 Å². The largest absolute Gasteiger partial charge is 0.550 e. The Labute approximate surface area is 123 Å². The molecule has 17 heavy (non-hydrogen) atoms. The fourth-order valence-electron chi connectivity index (χ4n) is 1.01. The van der Waals surface area contributed by atoms with E-state index in [0.717, 1.165) is 0 Å². The summed E-state index contributed by atoms with van der Waals surface area (Å²) >= 11 is 9.75. The van der Waals surface area contributed by atoms with E-state index in [9.17, 15) is 14.7 Å². The fraction of sp³-hybridized carbons (Fsp3) is 0.200. The van der Waals surface area contributed by atoms with Gasteiger partial charge in [0.2, 0.25) is 0 Å². The summed E-state index contributed by atoms with van der Waals surface area (Å²) in [5, 5.41) is 10.2. The van der Waals surface area contributed by atoms with Crippen molar-refractivity contribution in [3.8, 4) is 0 Å². The van der Waals surface area contributed by atoms with Crippen LogP contribution in [0.4, 0.5) is 0 Å². The number of hydrogen-bond donors (Lipinski definition) is 0. The summed E-state index contributed by atoms with van der Waals surface area (Å²) in [5.74, 6) is -1.85. The molecule has 1 aromatic rings. The summed E-state index contributed by atoms with van der Waals surface area (Å²) in [5.41, 5.74) is 0.310. The first-order chi connectivity index (χ1) is 7.91. The van der Waals surface area contributed by atoms with Gasteiger partial charge in [0.05, 0.1) is 12.2 Å². The smallest absolute Gasteiger partial charge is 0.339 e. The maximum absolute atomic E-state index is 11.6. The zero-order chi connectivity index (χ0) is 13.0. The molecule has 0 aliphatic heterocycles. The molecule has 0 atom stereocenters. The number of rotatable bonds is 4. The molecule has 1 aromatic carbocycles. The number of hydrogen-bond acceptors (Lipinski definition) is 4. The van der Waals surface area contributed by atoms with Crippen LogP contribution in [0.3, 0.4) is 0 Å². The lowest BCUT2D eigenvalue weighted by Gasteiger charge is -2.08. The summed E-state index contributed by atoms with van der Waals surface area (Å²) in [6.45, 7) is -0.211. The Morgan fingerprint density at radius 1 is 1.24 bits per heavy atom. The second kappa shape index (κ2) is 6.51. The predicted molar refractivity (Wildman–Crippen MR) is 69.4 cm³/mol. The van der Waals surface area contributed by atoms with Gasteiger partial charge in [-0.15, -0.1) is 0 Å². The van der Waals surface area contributed by atoms with E-state index in [2.05, 4.69) is 47.8 Å². The minimum Gasteiger partial charge on any atom is -0.550 e. The number of esters is 1. The van der Waals surface area contributed by atoms with Crippen LogP contribution >= 0.6 is 47.8 Å². The Balaban J connectivity index is 2.78. The third kappa shape index (κ3) is 4.40. The highest BCUT2D eigenvalue weighted by Gasteiger charge is 2.14. The van der Waals surface area contributed by atoms with Gasteiger partial charge in [-0.2, -0.15) is 0 Å². The van der Waals surface area contributed by atoms with Crippen LogP contribution in [0.1, 0.15) is 16.8 Å². The molecule has 0 spiro atoms. The molecule has 1 rings (SSSR count). The molecule has 0 amide bonds. The number of benzene rings is 1. The summed E-state index contributed by atoms with van der Waals surface area (Å²) in [6.07, 6.45) is -0.321. The molecular formula is C10H6Br3O4-. The summed E-state index contributed by atoms with van der Waals surface area (Å²) < 4.78 is 6.75. The van der Waals surface area contributed by atoms with E-state index in [1.165, 1.54) is 0 Å². The minimum absolute atomic E-state index is 0.211. The van der Waals surface area contributed by atoms with Crippen LogP contribution in [0.15, 0.2) is 25.6 Å². The molecule has 7 heteroatoms. The quantitative estimate of drug-likeness (QED) is 0.544. The second-order valence-electron chi connectivity index (χ2n) is 3.01. The van der Waals surface area contributed by atoms with Crippen molar-refractivity contribution in [3.05, 3.63) is 31.1 Å². The van der Waals surface area contributed by atoms with Crippen LogP contribution in [0.25, 0.3) is 0 Å². The molecule has 4 nitrogen and oxygen atoms in total. The van der Waals surface area contributed by atoms with E-state index in [1.807, 2.05) is 0 Å². The number of carbonyl (C=O) groups is 2. The zero-order valence-electron chi connectivity index (χ0n) is 8.34. The van der Waals surface area contributed by atoms with E-state index in [0.29, 0.717) is 19.0 Å². The predicted octanol–water partition coefficient (Wildman–Crippen LogP) is 2.27. The van der Waals surface area contributed by atoms with Crippen LogP contribution < -0.4 is 5.11 Å². The van der Waals surface area contributed by atoms with Gasteiger partial charge in [0.1, 0.15) is 0 Å². The molecular weight excluding hydrogens is 424 g/mol. The van der Waals surface area contributed by atoms with E-state index in [1.54, 1.807) is 12.1 Å². The maximum atomic E-state index is 11.6. The van der Waals surface area contributed by atoms with Gasteiger partial charge in [-0.05, 0) is 44.0 Å². The lowest BCUT2D eigenvalue weighted by atomic mass is 10.2. The minimum atomic E-state index is -1.26. The Morgan fingerprint density at radius 3 is 2.47 bits per heavy atom. The standard InChI is InChI=1S/C10H7Br3O4/c11-5-3-6(9(13)7(12)4-5)10(16)17-2-1-8(14)15/h3-4H,1-2H2,(H,14,15)/p-1. The van der Waals surface area contributed by atoms with Gasteiger partial charge in [0.25, 0.3) is 0 Å². The number of carboxylic acid groups (broad SMARTS) is 1.